The van der Waals surface area contributed by atoms with Crippen LogP contribution in [-0.2, 0) is 6.42 Å². The van der Waals surface area contributed by atoms with E-state index in [2.05, 4.69) is 44.5 Å². The Labute approximate surface area is 202 Å². The normalized spacial score (nSPS) is 22.3. The maximum Gasteiger partial charge on any atom is 0.194 e. The Morgan fingerprint density at radius 2 is 2.06 bits per heavy atom. The maximum absolute atomic E-state index is 6.32. The molecule has 2 aliphatic carbocycles. The van der Waals surface area contributed by atoms with Gasteiger partial charge in [-0.1, -0.05) is 12.1 Å². The fourth-order valence-electron chi connectivity index (χ4n) is 5.58. The van der Waals surface area contributed by atoms with Crippen molar-refractivity contribution in [2.45, 2.75) is 35.4 Å². The zero-order valence-corrected chi connectivity index (χ0v) is 19.8. The number of benzene rings is 1. The minimum Gasteiger partial charge on any atom is -0.388 e. The zero-order chi connectivity index (χ0) is 22.9. The van der Waals surface area contributed by atoms with Gasteiger partial charge < -0.3 is 16.0 Å². The first-order valence-corrected chi connectivity index (χ1v) is 12.6. The monoisotopic (exact) mass is 467 g/mol. The molecule has 2 fully saturated rings. The number of fused-ring (bicyclic) bond motifs is 4. The Kier molecular flexibility index (Phi) is 4.38. The molecule has 3 aliphatic rings. The average Bonchev–Trinajstić information content (AvgIpc) is 3.17. The summed E-state index contributed by atoms with van der Waals surface area (Å²) in [7, 11) is 1.98. The number of pyridine rings is 2. The highest BCUT2D eigenvalue weighted by Gasteiger charge is 2.56. The molecule has 0 amide bonds. The lowest BCUT2D eigenvalue weighted by molar-refractivity contribution is 0.553. The molecule has 1 saturated heterocycles. The van der Waals surface area contributed by atoms with E-state index >= 15 is 0 Å². The van der Waals surface area contributed by atoms with Crippen LogP contribution in [0.15, 0.2) is 58.8 Å². The molecule has 4 heterocycles. The Bertz CT molecular complexity index is 1450. The zero-order valence-electron chi connectivity index (χ0n) is 19.0. The SMILES string of the molecule is CNc1cccc2c1Cc1nc(Sc3cnc4cccnc4c3)nc(N3CCC4(CC4N)C3)c1-2. The van der Waals surface area contributed by atoms with E-state index in [0.29, 0.717) is 6.04 Å². The van der Waals surface area contributed by atoms with Gasteiger partial charge in [-0.3, -0.25) is 9.97 Å². The highest BCUT2D eigenvalue weighted by atomic mass is 32.2. The second-order valence-electron chi connectivity index (χ2n) is 9.57. The molecule has 1 aliphatic heterocycles. The molecule has 1 saturated carbocycles. The van der Waals surface area contributed by atoms with Crippen LogP contribution in [0.4, 0.5) is 11.5 Å². The predicted molar refractivity (Wildman–Crippen MR) is 135 cm³/mol. The summed E-state index contributed by atoms with van der Waals surface area (Å²) in [6.07, 6.45) is 6.74. The molecule has 1 spiro atoms. The van der Waals surface area contributed by atoms with Crippen LogP contribution in [0.25, 0.3) is 22.2 Å². The quantitative estimate of drug-likeness (QED) is 0.382. The predicted octanol–water partition coefficient (Wildman–Crippen LogP) is 4.11. The Morgan fingerprint density at radius 1 is 1.15 bits per heavy atom. The number of rotatable bonds is 4. The van der Waals surface area contributed by atoms with Crippen molar-refractivity contribution >= 4 is 34.3 Å². The molecule has 1 aromatic carbocycles. The molecule has 3 aromatic heterocycles. The number of hydrogen-bond donors (Lipinski definition) is 2. The molecule has 7 rings (SSSR count). The minimum absolute atomic E-state index is 0.271. The highest BCUT2D eigenvalue weighted by molar-refractivity contribution is 7.99. The molecule has 170 valence electrons. The molecule has 7 nitrogen and oxygen atoms in total. The average molecular weight is 468 g/mol. The summed E-state index contributed by atoms with van der Waals surface area (Å²) in [6, 6.07) is 12.7. The fourth-order valence-corrected chi connectivity index (χ4v) is 6.36. The van der Waals surface area contributed by atoms with Crippen LogP contribution < -0.4 is 16.0 Å². The van der Waals surface area contributed by atoms with Crippen LogP contribution >= 0.6 is 11.8 Å². The van der Waals surface area contributed by atoms with E-state index in [0.717, 1.165) is 70.6 Å². The van der Waals surface area contributed by atoms with Gasteiger partial charge in [0.2, 0.25) is 0 Å². The van der Waals surface area contributed by atoms with E-state index in [1.807, 2.05) is 25.4 Å². The molecule has 0 radical (unpaired) electrons. The third kappa shape index (κ3) is 3.09. The second-order valence-corrected chi connectivity index (χ2v) is 10.6. The van der Waals surface area contributed by atoms with Gasteiger partial charge in [0.25, 0.3) is 0 Å². The van der Waals surface area contributed by atoms with Crippen molar-refractivity contribution in [2.75, 3.05) is 30.4 Å². The summed E-state index contributed by atoms with van der Waals surface area (Å²) < 4.78 is 0. The van der Waals surface area contributed by atoms with Crippen molar-refractivity contribution in [3.63, 3.8) is 0 Å². The summed E-state index contributed by atoms with van der Waals surface area (Å²) in [6.45, 7) is 1.97. The van der Waals surface area contributed by atoms with Gasteiger partial charge in [-0.15, -0.1) is 0 Å². The highest BCUT2D eigenvalue weighted by Crippen LogP contribution is 2.54. The first kappa shape index (κ1) is 20.2. The molecule has 34 heavy (non-hydrogen) atoms. The van der Waals surface area contributed by atoms with Crippen molar-refractivity contribution in [2.24, 2.45) is 11.1 Å². The van der Waals surface area contributed by atoms with Gasteiger partial charge in [-0.2, -0.15) is 0 Å². The third-order valence-electron chi connectivity index (χ3n) is 7.58. The van der Waals surface area contributed by atoms with E-state index in [9.17, 15) is 0 Å². The van der Waals surface area contributed by atoms with Gasteiger partial charge in [-0.05, 0) is 60.0 Å². The largest absolute Gasteiger partial charge is 0.388 e. The smallest absolute Gasteiger partial charge is 0.194 e. The van der Waals surface area contributed by atoms with Crippen LogP contribution in [0.3, 0.4) is 0 Å². The van der Waals surface area contributed by atoms with E-state index < -0.39 is 0 Å². The maximum atomic E-state index is 6.32. The number of anilines is 2. The molecule has 2 unspecified atom stereocenters. The molecule has 0 bridgehead atoms. The summed E-state index contributed by atoms with van der Waals surface area (Å²) in [4.78, 5) is 22.6. The number of nitrogens with one attached hydrogen (secondary N) is 1. The van der Waals surface area contributed by atoms with Crippen LogP contribution in [-0.4, -0.2) is 46.1 Å². The lowest BCUT2D eigenvalue weighted by atomic mass is 10.0. The Morgan fingerprint density at radius 3 is 2.88 bits per heavy atom. The van der Waals surface area contributed by atoms with Crippen molar-refractivity contribution in [3.8, 4) is 11.1 Å². The van der Waals surface area contributed by atoms with Crippen LogP contribution in [0.2, 0.25) is 0 Å². The molecule has 4 aromatic rings. The van der Waals surface area contributed by atoms with Gasteiger partial charge >= 0.3 is 0 Å². The number of nitrogens with zero attached hydrogens (tertiary/aromatic N) is 5. The van der Waals surface area contributed by atoms with Gasteiger partial charge in [0.05, 0.1) is 16.7 Å². The van der Waals surface area contributed by atoms with Crippen LogP contribution in [0.5, 0.6) is 0 Å². The van der Waals surface area contributed by atoms with Crippen molar-refractivity contribution in [1.29, 1.82) is 0 Å². The topological polar surface area (TPSA) is 92.8 Å². The fraction of sp³-hybridized carbons (Fsp3) is 0.308. The Balaban J connectivity index is 1.32. The number of aromatic nitrogens is 4. The molecule has 3 N–H and O–H groups in total. The molecule has 8 heteroatoms. The van der Waals surface area contributed by atoms with E-state index in [-0.39, 0.29) is 5.41 Å². The van der Waals surface area contributed by atoms with E-state index in [1.165, 1.54) is 16.7 Å². The minimum atomic E-state index is 0.271. The first-order valence-electron chi connectivity index (χ1n) is 11.7. The second kappa shape index (κ2) is 7.38. The van der Waals surface area contributed by atoms with E-state index in [4.69, 9.17) is 15.7 Å². The number of hydrogen-bond acceptors (Lipinski definition) is 8. The van der Waals surface area contributed by atoms with Gasteiger partial charge in [-0.25, -0.2) is 9.97 Å². The summed E-state index contributed by atoms with van der Waals surface area (Å²) >= 11 is 1.55. The lowest BCUT2D eigenvalue weighted by Crippen LogP contribution is -2.24. The molecule has 2 atom stereocenters. The summed E-state index contributed by atoms with van der Waals surface area (Å²) in [5.74, 6) is 1.04. The van der Waals surface area contributed by atoms with Gasteiger partial charge in [0.1, 0.15) is 5.82 Å². The molecular weight excluding hydrogens is 442 g/mol. The molecular formula is C26H25N7S. The Hall–Kier alpha value is -3.23. The van der Waals surface area contributed by atoms with Crippen molar-refractivity contribution in [3.05, 3.63) is 60.0 Å². The van der Waals surface area contributed by atoms with Gasteiger partial charge in [0, 0.05) is 66.6 Å². The lowest BCUT2D eigenvalue weighted by Gasteiger charge is -2.22. The first-order chi connectivity index (χ1) is 16.6. The van der Waals surface area contributed by atoms with Crippen molar-refractivity contribution < 1.29 is 0 Å². The van der Waals surface area contributed by atoms with Crippen LogP contribution in [0.1, 0.15) is 24.1 Å². The van der Waals surface area contributed by atoms with E-state index in [1.54, 1.807) is 18.0 Å². The van der Waals surface area contributed by atoms with Crippen LogP contribution in [0, 0.1) is 5.41 Å². The summed E-state index contributed by atoms with van der Waals surface area (Å²) in [5.41, 5.74) is 14.3. The van der Waals surface area contributed by atoms with Crippen molar-refractivity contribution in [1.82, 2.24) is 19.9 Å². The standard InChI is InChI=1S/C26H25N7S/c1-28-18-5-2-4-16-17(18)11-21-23(16)24(33-9-7-26(14-33)12-22(26)27)32-25(31-21)34-15-10-20-19(30-13-15)6-3-8-29-20/h2-6,8,10,13,22,28H,7,9,11-12,14,27H2,1H3. The van der Waals surface area contributed by atoms with Gasteiger partial charge in [0.15, 0.2) is 5.16 Å². The number of nitrogens with two attached hydrogens (primary N) is 1. The third-order valence-corrected chi connectivity index (χ3v) is 8.40. The summed E-state index contributed by atoms with van der Waals surface area (Å²) in [5, 5.41) is 4.11.